The molecule has 3 N–H and O–H groups in total. The summed E-state index contributed by atoms with van der Waals surface area (Å²) >= 11 is 0. The highest BCUT2D eigenvalue weighted by atomic mass is 16.6. The third-order valence-electron chi connectivity index (χ3n) is 3.69. The van der Waals surface area contributed by atoms with E-state index in [9.17, 15) is 14.9 Å². The molecule has 0 spiro atoms. The van der Waals surface area contributed by atoms with Crippen LogP contribution in [-0.2, 0) is 9.53 Å². The summed E-state index contributed by atoms with van der Waals surface area (Å²) < 4.78 is 5.25. The number of rotatable bonds is 5. The van der Waals surface area contributed by atoms with Gasteiger partial charge in [0, 0.05) is 25.8 Å². The molecular formula is C13H17N3O4. The Labute approximate surface area is 116 Å². The van der Waals surface area contributed by atoms with Crippen LogP contribution < -0.4 is 11.1 Å². The van der Waals surface area contributed by atoms with Crippen molar-refractivity contribution < 1.29 is 14.5 Å². The molecule has 1 aliphatic rings. The van der Waals surface area contributed by atoms with Gasteiger partial charge in [-0.15, -0.1) is 0 Å². The number of amides is 1. The standard InChI is InChI=1S/C13H17N3O4/c14-12(17)13(5-7-20-8-6-13)9-15-10-3-1-2-4-11(10)16(18)19/h1-4,15H,5-9H2,(H2,14,17). The summed E-state index contributed by atoms with van der Waals surface area (Å²) in [6.45, 7) is 1.22. The van der Waals surface area contributed by atoms with Crippen molar-refractivity contribution in [1.82, 2.24) is 0 Å². The number of benzene rings is 1. The Morgan fingerprint density at radius 2 is 2.05 bits per heavy atom. The number of anilines is 1. The zero-order valence-electron chi connectivity index (χ0n) is 11.0. The molecule has 0 aliphatic carbocycles. The molecule has 0 unspecified atom stereocenters. The lowest BCUT2D eigenvalue weighted by atomic mass is 9.79. The number of carbonyl (C=O) groups is 1. The topological polar surface area (TPSA) is 107 Å². The second-order valence-electron chi connectivity index (χ2n) is 4.88. The number of para-hydroxylation sites is 2. The lowest BCUT2D eigenvalue weighted by molar-refractivity contribution is -0.384. The van der Waals surface area contributed by atoms with Crippen LogP contribution in [0.25, 0.3) is 0 Å². The Morgan fingerprint density at radius 1 is 1.40 bits per heavy atom. The fourth-order valence-corrected chi connectivity index (χ4v) is 2.32. The Kier molecular flexibility index (Phi) is 4.19. The summed E-state index contributed by atoms with van der Waals surface area (Å²) in [7, 11) is 0. The van der Waals surface area contributed by atoms with E-state index in [2.05, 4.69) is 5.32 Å². The van der Waals surface area contributed by atoms with Crippen molar-refractivity contribution in [3.8, 4) is 0 Å². The van der Waals surface area contributed by atoms with Gasteiger partial charge >= 0.3 is 0 Å². The van der Waals surface area contributed by atoms with E-state index in [0.29, 0.717) is 31.7 Å². The van der Waals surface area contributed by atoms with Crippen molar-refractivity contribution in [2.75, 3.05) is 25.1 Å². The molecule has 1 fully saturated rings. The van der Waals surface area contributed by atoms with Gasteiger partial charge in [-0.1, -0.05) is 12.1 Å². The van der Waals surface area contributed by atoms with Crippen LogP contribution in [0.1, 0.15) is 12.8 Å². The van der Waals surface area contributed by atoms with Gasteiger partial charge in [-0.2, -0.15) is 0 Å². The highest BCUT2D eigenvalue weighted by Crippen LogP contribution is 2.32. The minimum atomic E-state index is -0.706. The molecular weight excluding hydrogens is 262 g/mol. The molecule has 0 atom stereocenters. The monoisotopic (exact) mass is 279 g/mol. The zero-order valence-corrected chi connectivity index (χ0v) is 11.0. The number of nitrogens with two attached hydrogens (primary N) is 1. The summed E-state index contributed by atoms with van der Waals surface area (Å²) in [6.07, 6.45) is 1.05. The van der Waals surface area contributed by atoms with Gasteiger partial charge < -0.3 is 15.8 Å². The first-order valence-corrected chi connectivity index (χ1v) is 6.40. The van der Waals surface area contributed by atoms with Crippen LogP contribution in [0.3, 0.4) is 0 Å². The second kappa shape index (κ2) is 5.87. The van der Waals surface area contributed by atoms with E-state index in [-0.39, 0.29) is 12.2 Å². The first-order chi connectivity index (χ1) is 9.55. The lowest BCUT2D eigenvalue weighted by Gasteiger charge is -2.34. The quantitative estimate of drug-likeness (QED) is 0.623. The summed E-state index contributed by atoms with van der Waals surface area (Å²) in [5.41, 5.74) is 5.17. The lowest BCUT2D eigenvalue weighted by Crippen LogP contribution is -2.46. The molecule has 108 valence electrons. The Morgan fingerprint density at radius 3 is 2.65 bits per heavy atom. The molecule has 1 amide bonds. The van der Waals surface area contributed by atoms with Crippen molar-refractivity contribution in [2.24, 2.45) is 11.1 Å². The van der Waals surface area contributed by atoms with Crippen LogP contribution in [0.5, 0.6) is 0 Å². The van der Waals surface area contributed by atoms with Crippen molar-refractivity contribution >= 4 is 17.3 Å². The smallest absolute Gasteiger partial charge is 0.292 e. The van der Waals surface area contributed by atoms with Gasteiger partial charge in [-0.05, 0) is 18.9 Å². The first-order valence-electron chi connectivity index (χ1n) is 6.40. The van der Waals surface area contributed by atoms with E-state index in [1.54, 1.807) is 18.2 Å². The molecule has 1 aromatic rings. The maximum atomic E-state index is 11.7. The predicted molar refractivity (Wildman–Crippen MR) is 73.3 cm³/mol. The van der Waals surface area contributed by atoms with Crippen LogP contribution in [0.15, 0.2) is 24.3 Å². The number of nitro groups is 1. The van der Waals surface area contributed by atoms with Gasteiger partial charge in [0.25, 0.3) is 5.69 Å². The summed E-state index contributed by atoms with van der Waals surface area (Å²) in [6, 6.07) is 6.34. The Hall–Kier alpha value is -2.15. The van der Waals surface area contributed by atoms with Gasteiger partial charge in [0.15, 0.2) is 0 Å². The van der Waals surface area contributed by atoms with E-state index in [1.807, 2.05) is 0 Å². The van der Waals surface area contributed by atoms with Gasteiger partial charge in [-0.25, -0.2) is 0 Å². The molecule has 1 aliphatic heterocycles. The molecule has 7 heteroatoms. The summed E-state index contributed by atoms with van der Waals surface area (Å²) in [4.78, 5) is 22.2. The Bertz CT molecular complexity index is 512. The molecule has 7 nitrogen and oxygen atoms in total. The number of hydrogen-bond acceptors (Lipinski definition) is 5. The van der Waals surface area contributed by atoms with E-state index < -0.39 is 16.2 Å². The van der Waals surface area contributed by atoms with Crippen LogP contribution in [0, 0.1) is 15.5 Å². The molecule has 20 heavy (non-hydrogen) atoms. The number of hydrogen-bond donors (Lipinski definition) is 2. The minimum absolute atomic E-state index is 0.0146. The van der Waals surface area contributed by atoms with Gasteiger partial charge in [0.1, 0.15) is 5.69 Å². The van der Waals surface area contributed by atoms with E-state index in [1.165, 1.54) is 6.07 Å². The number of carbonyl (C=O) groups excluding carboxylic acids is 1. The highest BCUT2D eigenvalue weighted by molar-refractivity contribution is 5.82. The normalized spacial score (nSPS) is 17.4. The van der Waals surface area contributed by atoms with Crippen LogP contribution in [0.4, 0.5) is 11.4 Å². The largest absolute Gasteiger partial charge is 0.381 e. The fourth-order valence-electron chi connectivity index (χ4n) is 2.32. The summed E-state index contributed by atoms with van der Waals surface area (Å²) in [5.74, 6) is -0.396. The maximum Gasteiger partial charge on any atom is 0.292 e. The van der Waals surface area contributed by atoms with Crippen molar-refractivity contribution in [2.45, 2.75) is 12.8 Å². The fraction of sp³-hybridized carbons (Fsp3) is 0.462. The number of ether oxygens (including phenoxy) is 1. The van der Waals surface area contributed by atoms with E-state index >= 15 is 0 Å². The third-order valence-corrected chi connectivity index (χ3v) is 3.69. The maximum absolute atomic E-state index is 11.7. The number of nitrogens with one attached hydrogen (secondary N) is 1. The zero-order chi connectivity index (χ0) is 14.6. The third kappa shape index (κ3) is 2.88. The highest BCUT2D eigenvalue weighted by Gasteiger charge is 2.38. The number of primary amides is 1. The van der Waals surface area contributed by atoms with E-state index in [4.69, 9.17) is 10.5 Å². The van der Waals surface area contributed by atoms with Gasteiger partial charge in [0.05, 0.1) is 10.3 Å². The van der Waals surface area contributed by atoms with Crippen LogP contribution in [0.2, 0.25) is 0 Å². The molecule has 1 saturated heterocycles. The van der Waals surface area contributed by atoms with Crippen molar-refractivity contribution in [3.05, 3.63) is 34.4 Å². The molecule has 2 rings (SSSR count). The van der Waals surface area contributed by atoms with Gasteiger partial charge in [0.2, 0.25) is 5.91 Å². The van der Waals surface area contributed by atoms with Gasteiger partial charge in [-0.3, -0.25) is 14.9 Å². The average molecular weight is 279 g/mol. The minimum Gasteiger partial charge on any atom is -0.381 e. The Balaban J connectivity index is 2.14. The van der Waals surface area contributed by atoms with E-state index in [0.717, 1.165) is 0 Å². The second-order valence-corrected chi connectivity index (χ2v) is 4.88. The predicted octanol–water partition coefficient (Wildman–Crippen LogP) is 1.29. The first kappa shape index (κ1) is 14.3. The molecule has 1 aromatic carbocycles. The molecule has 0 radical (unpaired) electrons. The molecule has 0 saturated carbocycles. The summed E-state index contributed by atoms with van der Waals surface area (Å²) in [5, 5.41) is 13.9. The number of nitrogens with zero attached hydrogens (tertiary/aromatic N) is 1. The van der Waals surface area contributed by atoms with Crippen LogP contribution >= 0.6 is 0 Å². The molecule has 0 aromatic heterocycles. The van der Waals surface area contributed by atoms with Crippen molar-refractivity contribution in [3.63, 3.8) is 0 Å². The molecule has 0 bridgehead atoms. The molecule has 1 heterocycles. The van der Waals surface area contributed by atoms with Crippen LogP contribution in [-0.4, -0.2) is 30.6 Å². The average Bonchev–Trinajstić information content (AvgIpc) is 2.46. The van der Waals surface area contributed by atoms with Crippen molar-refractivity contribution in [1.29, 1.82) is 0 Å². The number of nitro benzene ring substituents is 1. The SMILES string of the molecule is NC(=O)C1(CNc2ccccc2[N+](=O)[O-])CCOCC1.